The Morgan fingerprint density at radius 2 is 1.84 bits per heavy atom. The van der Waals surface area contributed by atoms with Crippen LogP contribution in [0.5, 0.6) is 5.88 Å². The van der Waals surface area contributed by atoms with Crippen molar-refractivity contribution in [3.8, 4) is 5.88 Å². The summed E-state index contributed by atoms with van der Waals surface area (Å²) < 4.78 is 5.66. The molecule has 1 aromatic rings. The highest BCUT2D eigenvalue weighted by atomic mass is 16.5. The van der Waals surface area contributed by atoms with Crippen LogP contribution in [0.15, 0.2) is 4.79 Å². The lowest BCUT2D eigenvalue weighted by Gasteiger charge is -2.41. The molecule has 0 spiro atoms. The quantitative estimate of drug-likeness (QED) is 0.860. The van der Waals surface area contributed by atoms with Gasteiger partial charge in [-0.25, -0.2) is 0 Å². The summed E-state index contributed by atoms with van der Waals surface area (Å²) in [4.78, 5) is 18.7. The Bertz CT molecular complexity index is 524. The van der Waals surface area contributed by atoms with Crippen molar-refractivity contribution >= 4 is 0 Å². The van der Waals surface area contributed by atoms with Crippen molar-refractivity contribution in [2.24, 2.45) is 5.41 Å². The maximum atomic E-state index is 11.8. The molecule has 2 N–H and O–H groups in total. The van der Waals surface area contributed by atoms with Gasteiger partial charge >= 0.3 is 0 Å². The van der Waals surface area contributed by atoms with Crippen molar-refractivity contribution in [2.45, 2.75) is 52.1 Å². The van der Waals surface area contributed by atoms with Gasteiger partial charge in [0.2, 0.25) is 5.88 Å². The zero-order valence-corrected chi connectivity index (χ0v) is 12.0. The maximum absolute atomic E-state index is 11.8. The molecule has 0 unspecified atom stereocenters. The molecule has 1 aromatic heterocycles. The SMILES string of the molecule is COC1(c2nc(O)c(C)c(=O)[nH]2)CCC(C)(C)CC1. The fourth-order valence-electron chi connectivity index (χ4n) is 2.60. The summed E-state index contributed by atoms with van der Waals surface area (Å²) in [6.07, 6.45) is 3.59. The Morgan fingerprint density at radius 3 is 2.32 bits per heavy atom. The molecule has 0 saturated heterocycles. The zero-order valence-electron chi connectivity index (χ0n) is 12.0. The van der Waals surface area contributed by atoms with Crippen LogP contribution in [-0.4, -0.2) is 22.2 Å². The van der Waals surface area contributed by atoms with E-state index in [-0.39, 0.29) is 22.4 Å². The monoisotopic (exact) mass is 266 g/mol. The van der Waals surface area contributed by atoms with E-state index in [1.54, 1.807) is 14.0 Å². The third kappa shape index (κ3) is 2.52. The number of ether oxygens (including phenoxy) is 1. The number of aromatic amines is 1. The van der Waals surface area contributed by atoms with Gasteiger partial charge in [0.05, 0.1) is 5.56 Å². The summed E-state index contributed by atoms with van der Waals surface area (Å²) in [7, 11) is 1.63. The average molecular weight is 266 g/mol. The van der Waals surface area contributed by atoms with E-state index >= 15 is 0 Å². The molecule has 0 amide bonds. The maximum Gasteiger partial charge on any atom is 0.257 e. The Labute approximate surface area is 113 Å². The first kappa shape index (κ1) is 14.1. The minimum atomic E-state index is -0.583. The molecule has 2 rings (SSSR count). The second kappa shape index (κ2) is 4.63. The predicted molar refractivity (Wildman–Crippen MR) is 72.2 cm³/mol. The molecule has 1 aliphatic carbocycles. The second-order valence-corrected chi connectivity index (χ2v) is 6.23. The lowest BCUT2D eigenvalue weighted by molar-refractivity contribution is -0.0733. The first-order valence-corrected chi connectivity index (χ1v) is 6.65. The van der Waals surface area contributed by atoms with Gasteiger partial charge in [-0.2, -0.15) is 4.98 Å². The molecule has 1 heterocycles. The normalized spacial score (nSPS) is 21.3. The molecule has 0 radical (unpaired) electrons. The molecule has 0 bridgehead atoms. The molecule has 0 aliphatic heterocycles. The van der Waals surface area contributed by atoms with Crippen molar-refractivity contribution in [3.63, 3.8) is 0 Å². The number of methoxy groups -OCH3 is 1. The Balaban J connectivity index is 2.41. The third-order valence-corrected chi connectivity index (χ3v) is 4.36. The molecule has 0 aromatic carbocycles. The minimum Gasteiger partial charge on any atom is -0.493 e. The van der Waals surface area contributed by atoms with Crippen LogP contribution in [0.1, 0.15) is 50.9 Å². The number of aromatic nitrogens is 2. The highest BCUT2D eigenvalue weighted by Gasteiger charge is 2.42. The van der Waals surface area contributed by atoms with E-state index in [0.29, 0.717) is 5.82 Å². The Morgan fingerprint density at radius 1 is 1.26 bits per heavy atom. The van der Waals surface area contributed by atoms with Gasteiger partial charge in [0, 0.05) is 7.11 Å². The van der Waals surface area contributed by atoms with Crippen molar-refractivity contribution in [2.75, 3.05) is 7.11 Å². The molecule has 19 heavy (non-hydrogen) atoms. The molecule has 1 saturated carbocycles. The smallest absolute Gasteiger partial charge is 0.257 e. The number of rotatable bonds is 2. The summed E-state index contributed by atoms with van der Waals surface area (Å²) in [5.41, 5.74) is -0.357. The summed E-state index contributed by atoms with van der Waals surface area (Å²) in [5.74, 6) is 0.235. The van der Waals surface area contributed by atoms with Crippen molar-refractivity contribution in [1.82, 2.24) is 9.97 Å². The van der Waals surface area contributed by atoms with Crippen LogP contribution in [0.4, 0.5) is 0 Å². The van der Waals surface area contributed by atoms with Crippen molar-refractivity contribution in [1.29, 1.82) is 0 Å². The lowest BCUT2D eigenvalue weighted by Crippen LogP contribution is -2.39. The van der Waals surface area contributed by atoms with Crippen LogP contribution in [0.25, 0.3) is 0 Å². The summed E-state index contributed by atoms with van der Waals surface area (Å²) in [5, 5.41) is 9.74. The van der Waals surface area contributed by atoms with E-state index in [2.05, 4.69) is 23.8 Å². The zero-order chi connectivity index (χ0) is 14.3. The highest BCUT2D eigenvalue weighted by Crippen LogP contribution is 2.46. The minimum absolute atomic E-state index is 0.208. The van der Waals surface area contributed by atoms with Crippen LogP contribution < -0.4 is 5.56 Å². The van der Waals surface area contributed by atoms with Gasteiger partial charge in [0.1, 0.15) is 11.4 Å². The first-order chi connectivity index (χ1) is 8.80. The topological polar surface area (TPSA) is 75.2 Å². The molecule has 0 atom stereocenters. The lowest BCUT2D eigenvalue weighted by atomic mass is 9.70. The van der Waals surface area contributed by atoms with Crippen LogP contribution in [-0.2, 0) is 10.3 Å². The molecule has 106 valence electrons. The van der Waals surface area contributed by atoms with E-state index in [9.17, 15) is 9.90 Å². The average Bonchev–Trinajstić information content (AvgIpc) is 2.36. The Hall–Kier alpha value is -1.36. The predicted octanol–water partition coefficient (Wildman–Crippen LogP) is 2.23. The van der Waals surface area contributed by atoms with Gasteiger partial charge in [-0.05, 0) is 38.0 Å². The van der Waals surface area contributed by atoms with Crippen molar-refractivity contribution < 1.29 is 9.84 Å². The largest absolute Gasteiger partial charge is 0.493 e. The van der Waals surface area contributed by atoms with Crippen LogP contribution in [0, 0.1) is 12.3 Å². The third-order valence-electron chi connectivity index (χ3n) is 4.36. The molecule has 5 nitrogen and oxygen atoms in total. The standard InChI is InChI=1S/C14H22N2O3/c1-9-10(17)15-12(16-11(9)18)14(19-4)7-5-13(2,3)6-8-14/h5-8H2,1-4H3,(H2,15,16,17,18). The molecular weight excluding hydrogens is 244 g/mol. The summed E-state index contributed by atoms with van der Waals surface area (Å²) in [6.45, 7) is 6.01. The number of hydrogen-bond donors (Lipinski definition) is 2. The van der Waals surface area contributed by atoms with Gasteiger partial charge in [-0.1, -0.05) is 13.8 Å². The van der Waals surface area contributed by atoms with E-state index in [1.165, 1.54) is 0 Å². The van der Waals surface area contributed by atoms with E-state index in [0.717, 1.165) is 25.7 Å². The number of nitrogens with zero attached hydrogens (tertiary/aromatic N) is 1. The fourth-order valence-corrected chi connectivity index (χ4v) is 2.60. The van der Waals surface area contributed by atoms with E-state index < -0.39 is 5.60 Å². The Kier molecular flexibility index (Phi) is 3.43. The van der Waals surface area contributed by atoms with Gasteiger partial charge < -0.3 is 14.8 Å². The van der Waals surface area contributed by atoms with Crippen LogP contribution in [0.3, 0.4) is 0 Å². The first-order valence-electron chi connectivity index (χ1n) is 6.65. The fraction of sp³-hybridized carbons (Fsp3) is 0.714. The summed E-state index contributed by atoms with van der Waals surface area (Å²) >= 11 is 0. The van der Waals surface area contributed by atoms with Gasteiger partial charge in [-0.3, -0.25) is 4.79 Å². The van der Waals surface area contributed by atoms with Crippen LogP contribution >= 0.6 is 0 Å². The molecular formula is C14H22N2O3. The second-order valence-electron chi connectivity index (χ2n) is 6.23. The number of nitrogens with one attached hydrogen (secondary N) is 1. The number of H-pyrrole nitrogens is 1. The molecule has 1 fully saturated rings. The van der Waals surface area contributed by atoms with Crippen LogP contribution in [0.2, 0.25) is 0 Å². The van der Waals surface area contributed by atoms with Gasteiger partial charge in [-0.15, -0.1) is 0 Å². The molecule has 5 heteroatoms. The number of aromatic hydroxyl groups is 1. The summed E-state index contributed by atoms with van der Waals surface area (Å²) in [6, 6.07) is 0. The van der Waals surface area contributed by atoms with Gasteiger partial charge in [0.15, 0.2) is 0 Å². The van der Waals surface area contributed by atoms with Gasteiger partial charge in [0.25, 0.3) is 5.56 Å². The molecule has 1 aliphatic rings. The van der Waals surface area contributed by atoms with E-state index in [4.69, 9.17) is 4.74 Å². The van der Waals surface area contributed by atoms with E-state index in [1.807, 2.05) is 0 Å². The highest BCUT2D eigenvalue weighted by molar-refractivity contribution is 5.22. The van der Waals surface area contributed by atoms with Crippen molar-refractivity contribution in [3.05, 3.63) is 21.7 Å². The number of hydrogen-bond acceptors (Lipinski definition) is 4.